The lowest BCUT2D eigenvalue weighted by atomic mass is 9.72. The van der Waals surface area contributed by atoms with Crippen molar-refractivity contribution in [3.63, 3.8) is 0 Å². The zero-order valence-electron chi connectivity index (χ0n) is 37.2. The first-order valence-corrected chi connectivity index (χ1v) is 26.4. The molecule has 1 unspecified atom stereocenters. The summed E-state index contributed by atoms with van der Waals surface area (Å²) < 4.78 is 48.4. The fourth-order valence-electron chi connectivity index (χ4n) is 8.98. The summed E-state index contributed by atoms with van der Waals surface area (Å²) in [6.07, 6.45) is 7.70. The number of hydrogen-bond acceptors (Lipinski definition) is 12. The van der Waals surface area contributed by atoms with Crippen LogP contribution in [-0.4, -0.2) is 116 Å². The van der Waals surface area contributed by atoms with Crippen LogP contribution in [0.4, 0.5) is 17.1 Å². The number of nitro groups is 1. The first-order chi connectivity index (χ1) is 30.9. The van der Waals surface area contributed by atoms with Crippen LogP contribution >= 0.6 is 18.7 Å². The molecule has 0 radical (unpaired) electrons. The Kier molecular flexibility index (Phi) is 13.5. The van der Waals surface area contributed by atoms with E-state index in [0.29, 0.717) is 56.4 Å². The molecule has 2 aromatic heterocycles. The number of aromatic nitrogens is 2. The summed E-state index contributed by atoms with van der Waals surface area (Å²) in [6, 6.07) is 20.1. The summed E-state index contributed by atoms with van der Waals surface area (Å²) in [4.78, 5) is 39.5. The highest BCUT2D eigenvalue weighted by molar-refractivity contribution is 7.90. The van der Waals surface area contributed by atoms with E-state index in [1.807, 2.05) is 31.8 Å². The van der Waals surface area contributed by atoms with E-state index < -0.39 is 38.6 Å². The Bertz CT molecular complexity index is 2780. The number of sulfonamides is 1. The maximum atomic E-state index is 14.0. The lowest BCUT2D eigenvalue weighted by Gasteiger charge is -2.39. The Labute approximate surface area is 385 Å². The second-order valence-electron chi connectivity index (χ2n) is 18.5. The van der Waals surface area contributed by atoms with E-state index in [0.717, 1.165) is 61.1 Å². The number of halogens is 1. The number of nitrogens with one attached hydrogen (secondary N) is 3. The highest BCUT2D eigenvalue weighted by atomic mass is 35.5. The monoisotopic (exact) mass is 942 g/mol. The molecule has 3 aromatic carbocycles. The summed E-state index contributed by atoms with van der Waals surface area (Å²) in [5.41, 5.74) is 5.41. The number of nitrogens with zero attached hydrogens (tertiary/aromatic N) is 5. The number of allylic oxidation sites excluding steroid dienone is 1. The first-order valence-electron chi connectivity index (χ1n) is 22.0. The Morgan fingerprint density at radius 3 is 2.46 bits per heavy atom. The molecule has 5 aromatic rings. The number of aromatic amines is 1. The molecule has 3 N–H and O–H groups in total. The zero-order chi connectivity index (χ0) is 46.1. The summed E-state index contributed by atoms with van der Waals surface area (Å²) in [5.74, 6) is -0.508. The van der Waals surface area contributed by atoms with Crippen molar-refractivity contribution < 1.29 is 27.4 Å². The van der Waals surface area contributed by atoms with Gasteiger partial charge in [0.2, 0.25) is 0 Å². The number of anilines is 2. The molecule has 18 heteroatoms. The molecule has 1 atom stereocenters. The topological polar surface area (TPSA) is 183 Å². The molecule has 65 heavy (non-hydrogen) atoms. The molecule has 0 bridgehead atoms. The number of piperazine rings is 1. The highest BCUT2D eigenvalue weighted by Crippen LogP contribution is 2.44. The number of amides is 1. The molecule has 3 aliphatic rings. The Morgan fingerprint density at radius 1 is 1.00 bits per heavy atom. The molecule has 1 aliphatic carbocycles. The number of fused-ring (bicyclic) bond motifs is 1. The van der Waals surface area contributed by atoms with E-state index in [-0.39, 0.29) is 28.5 Å². The summed E-state index contributed by atoms with van der Waals surface area (Å²) >= 11 is 6.25. The number of H-pyrrole nitrogens is 1. The number of carbonyl (C=O) groups is 1. The van der Waals surface area contributed by atoms with E-state index in [2.05, 4.69) is 60.7 Å². The average molecular weight is 944 g/mol. The number of pyridine rings is 1. The van der Waals surface area contributed by atoms with Crippen molar-refractivity contribution in [2.24, 2.45) is 5.41 Å². The van der Waals surface area contributed by atoms with E-state index in [1.165, 1.54) is 41.1 Å². The van der Waals surface area contributed by atoms with Gasteiger partial charge in [0.25, 0.3) is 21.6 Å². The molecule has 2 saturated heterocycles. The Balaban J connectivity index is 0.988. The molecular formula is C47H56ClN8O7PS. The minimum Gasteiger partial charge on any atom is -0.455 e. The normalized spacial score (nSPS) is 18.6. The van der Waals surface area contributed by atoms with E-state index in [4.69, 9.17) is 16.3 Å². The third-order valence-electron chi connectivity index (χ3n) is 12.8. The lowest BCUT2D eigenvalue weighted by Crippen LogP contribution is -2.47. The van der Waals surface area contributed by atoms with Gasteiger partial charge in [-0.25, -0.2) is 18.1 Å². The average Bonchev–Trinajstić information content (AvgIpc) is 3.73. The first kappa shape index (κ1) is 46.3. The molecule has 0 spiro atoms. The summed E-state index contributed by atoms with van der Waals surface area (Å²) in [7, 11) is -6.71. The molecule has 8 rings (SSSR count). The molecular weight excluding hydrogens is 887 g/mol. The molecule has 15 nitrogen and oxygen atoms in total. The number of carbonyl (C=O) groups excluding carboxylic acids is 1. The second kappa shape index (κ2) is 18.9. The molecule has 2 fully saturated rings. The SMILES string of the molecule is CC(CN1CCP(C)(=O)CC1)Nc1ccc(S(=O)(=O)NC(=O)c2ccc(N3CCN(CC4=C(c5ccc(Cl)cc5)CC(C)(C)CC4)CC3)cc2Oc2cnc3[nH]ccc3c2)cc1[N+](=O)[O-]. The third-order valence-corrected chi connectivity index (χ3v) is 16.6. The van der Waals surface area contributed by atoms with Gasteiger partial charge in [-0.1, -0.05) is 43.2 Å². The smallest absolute Gasteiger partial charge is 0.293 e. The van der Waals surface area contributed by atoms with Crippen LogP contribution in [0, 0.1) is 15.5 Å². The van der Waals surface area contributed by atoms with Gasteiger partial charge < -0.3 is 29.4 Å². The fourth-order valence-corrected chi connectivity index (χ4v) is 11.7. The van der Waals surface area contributed by atoms with Gasteiger partial charge in [-0.3, -0.25) is 19.8 Å². The van der Waals surface area contributed by atoms with Gasteiger partial charge in [0, 0.05) is 105 Å². The number of hydrogen-bond donors (Lipinski definition) is 3. The van der Waals surface area contributed by atoms with Gasteiger partial charge >= 0.3 is 0 Å². The van der Waals surface area contributed by atoms with Gasteiger partial charge in [0.1, 0.15) is 22.8 Å². The number of nitro benzene ring substituents is 1. The van der Waals surface area contributed by atoms with Crippen molar-refractivity contribution in [3.8, 4) is 11.5 Å². The number of ether oxygens (including phenoxy) is 1. The summed E-state index contributed by atoms with van der Waals surface area (Å²) in [5, 5.41) is 16.9. The highest BCUT2D eigenvalue weighted by Gasteiger charge is 2.31. The standard InChI is InChI=1S/C47H56ClN8O7PS/c1-32(30-54-21-23-64(4,60)24-22-54)51-42-12-10-39(27-43(42)56(58)59)65(61,62)52-46(57)40-11-9-37(26-44(40)63-38-25-34-14-16-49-45(34)50-29-38)55-19-17-53(18-20-55)31-35-13-15-47(2,3)28-41(35)33-5-7-36(48)8-6-33/h5-12,14,16,25-27,29,32,51H,13,15,17-24,28,30-31H2,1-4H3,(H,49,50)(H,52,57). The van der Waals surface area contributed by atoms with Gasteiger partial charge in [-0.05, 0) is 97.9 Å². The van der Waals surface area contributed by atoms with E-state index in [1.54, 1.807) is 24.4 Å². The summed E-state index contributed by atoms with van der Waals surface area (Å²) in [6.45, 7) is 14.2. The van der Waals surface area contributed by atoms with Crippen LogP contribution in [-0.2, 0) is 14.6 Å². The van der Waals surface area contributed by atoms with E-state index >= 15 is 0 Å². The minimum absolute atomic E-state index is 0.0502. The van der Waals surface area contributed by atoms with Crippen molar-refractivity contribution >= 4 is 68.3 Å². The molecule has 4 heterocycles. The van der Waals surface area contributed by atoms with Crippen molar-refractivity contribution in [2.75, 3.05) is 81.6 Å². The Morgan fingerprint density at radius 2 is 1.74 bits per heavy atom. The van der Waals surface area contributed by atoms with Crippen molar-refractivity contribution in [2.45, 2.75) is 51.0 Å². The Hall–Kier alpha value is -5.25. The maximum absolute atomic E-state index is 14.0. The van der Waals surface area contributed by atoms with Gasteiger partial charge in [0.15, 0.2) is 0 Å². The molecule has 1 amide bonds. The number of rotatable bonds is 14. The van der Waals surface area contributed by atoms with Crippen LogP contribution in [0.2, 0.25) is 5.02 Å². The fraction of sp³-hybridized carbons (Fsp3) is 0.404. The quantitative estimate of drug-likeness (QED) is 0.0547. The van der Waals surface area contributed by atoms with Gasteiger partial charge in [-0.15, -0.1) is 0 Å². The van der Waals surface area contributed by atoms with E-state index in [9.17, 15) is 27.9 Å². The van der Waals surface area contributed by atoms with Crippen molar-refractivity contribution in [1.29, 1.82) is 0 Å². The van der Waals surface area contributed by atoms with Crippen LogP contribution in [0.3, 0.4) is 0 Å². The van der Waals surface area contributed by atoms with Crippen LogP contribution in [0.1, 0.15) is 56.0 Å². The zero-order valence-corrected chi connectivity index (χ0v) is 39.6. The molecule has 0 saturated carbocycles. The maximum Gasteiger partial charge on any atom is 0.293 e. The third kappa shape index (κ3) is 11.2. The van der Waals surface area contributed by atoms with Gasteiger partial charge in [-0.2, -0.15) is 0 Å². The predicted octanol–water partition coefficient (Wildman–Crippen LogP) is 8.93. The molecule has 344 valence electrons. The van der Waals surface area contributed by atoms with Crippen LogP contribution in [0.25, 0.3) is 16.6 Å². The van der Waals surface area contributed by atoms with Crippen LogP contribution in [0.5, 0.6) is 11.5 Å². The van der Waals surface area contributed by atoms with Crippen LogP contribution < -0.4 is 19.7 Å². The predicted molar refractivity (Wildman–Crippen MR) is 258 cm³/mol. The lowest BCUT2D eigenvalue weighted by molar-refractivity contribution is -0.384. The van der Waals surface area contributed by atoms with Crippen LogP contribution in [0.15, 0.2) is 95.7 Å². The number of benzene rings is 3. The van der Waals surface area contributed by atoms with Gasteiger partial charge in [0.05, 0.1) is 28.7 Å². The van der Waals surface area contributed by atoms with Crippen molar-refractivity contribution in [3.05, 3.63) is 117 Å². The molecule has 2 aliphatic heterocycles. The second-order valence-corrected chi connectivity index (χ2v) is 24.1. The minimum atomic E-state index is -4.60. The van der Waals surface area contributed by atoms with Crippen molar-refractivity contribution in [1.82, 2.24) is 24.5 Å². The largest absolute Gasteiger partial charge is 0.455 e.